The zero-order chi connectivity index (χ0) is 17.4. The van der Waals surface area contributed by atoms with E-state index in [9.17, 15) is 32.9 Å². The molecule has 23 heavy (non-hydrogen) atoms. The first kappa shape index (κ1) is 16.7. The quantitative estimate of drug-likeness (QED) is 0.673. The van der Waals surface area contributed by atoms with Crippen LogP contribution >= 0.6 is 0 Å². The summed E-state index contributed by atoms with van der Waals surface area (Å²) in [5, 5.41) is 19.8. The van der Waals surface area contributed by atoms with E-state index in [-0.39, 0.29) is 5.56 Å². The lowest BCUT2D eigenvalue weighted by atomic mass is 9.96. The molecule has 7 nitrogen and oxygen atoms in total. The van der Waals surface area contributed by atoms with Crippen molar-refractivity contribution in [1.82, 2.24) is 4.90 Å². The van der Waals surface area contributed by atoms with E-state index >= 15 is 0 Å². The second kappa shape index (κ2) is 5.86. The predicted molar refractivity (Wildman–Crippen MR) is 69.7 cm³/mol. The van der Waals surface area contributed by atoms with Gasteiger partial charge in [0.25, 0.3) is 11.6 Å². The molecular formula is C13H11F3N2O5. The van der Waals surface area contributed by atoms with Gasteiger partial charge in [-0.15, -0.1) is 0 Å². The van der Waals surface area contributed by atoms with E-state index in [1.807, 2.05) is 0 Å². The third-order valence-electron chi connectivity index (χ3n) is 3.68. The van der Waals surface area contributed by atoms with Crippen molar-refractivity contribution in [2.24, 2.45) is 11.8 Å². The van der Waals surface area contributed by atoms with Crippen molar-refractivity contribution in [3.63, 3.8) is 0 Å². The number of carbonyl (C=O) groups excluding carboxylic acids is 1. The first-order valence-electron chi connectivity index (χ1n) is 6.45. The number of nitro groups is 1. The zero-order valence-electron chi connectivity index (χ0n) is 11.5. The molecule has 1 saturated heterocycles. The van der Waals surface area contributed by atoms with Crippen LogP contribution in [0.2, 0.25) is 0 Å². The van der Waals surface area contributed by atoms with Crippen LogP contribution in [0, 0.1) is 22.0 Å². The molecule has 1 amide bonds. The van der Waals surface area contributed by atoms with Gasteiger partial charge in [0, 0.05) is 19.2 Å². The van der Waals surface area contributed by atoms with Gasteiger partial charge in [-0.25, -0.2) is 0 Å². The second-order valence-electron chi connectivity index (χ2n) is 5.08. The van der Waals surface area contributed by atoms with Gasteiger partial charge in [-0.2, -0.15) is 13.2 Å². The fourth-order valence-electron chi connectivity index (χ4n) is 2.54. The Bertz CT molecular complexity index is 661. The van der Waals surface area contributed by atoms with Gasteiger partial charge in [0.1, 0.15) is 5.56 Å². The molecule has 124 valence electrons. The number of carboxylic acid groups (broad SMARTS) is 1. The molecule has 2 rings (SSSR count). The Labute approximate surface area is 127 Å². The Morgan fingerprint density at radius 1 is 1.26 bits per heavy atom. The highest BCUT2D eigenvalue weighted by atomic mass is 19.4. The largest absolute Gasteiger partial charge is 0.481 e. The number of aliphatic carboxylic acids is 1. The maximum atomic E-state index is 12.9. The van der Waals surface area contributed by atoms with Gasteiger partial charge in [-0.3, -0.25) is 19.7 Å². The summed E-state index contributed by atoms with van der Waals surface area (Å²) >= 11 is 0. The van der Waals surface area contributed by atoms with Gasteiger partial charge in [0.15, 0.2) is 0 Å². The maximum Gasteiger partial charge on any atom is 0.394 e. The number of halogens is 3. The molecule has 0 aliphatic carbocycles. The van der Waals surface area contributed by atoms with Crippen LogP contribution in [0.4, 0.5) is 18.9 Å². The normalized spacial score (nSPS) is 21.3. The van der Waals surface area contributed by atoms with Crippen molar-refractivity contribution in [3.8, 4) is 0 Å². The van der Waals surface area contributed by atoms with Gasteiger partial charge in [-0.1, -0.05) is 12.1 Å². The molecule has 0 saturated carbocycles. The van der Waals surface area contributed by atoms with Gasteiger partial charge in [-0.05, 0) is 6.07 Å². The summed E-state index contributed by atoms with van der Waals surface area (Å²) in [6, 6.07) is 4.83. The molecule has 1 fully saturated rings. The third kappa shape index (κ3) is 3.25. The number of hydrogen-bond donors (Lipinski definition) is 1. The molecule has 1 aliphatic rings. The Hall–Kier alpha value is -2.65. The first-order chi connectivity index (χ1) is 10.6. The van der Waals surface area contributed by atoms with Gasteiger partial charge >= 0.3 is 12.1 Å². The van der Waals surface area contributed by atoms with Crippen molar-refractivity contribution in [3.05, 3.63) is 39.9 Å². The first-order valence-corrected chi connectivity index (χ1v) is 6.45. The molecule has 1 heterocycles. The molecule has 0 unspecified atom stereocenters. The van der Waals surface area contributed by atoms with Crippen molar-refractivity contribution in [2.45, 2.75) is 6.18 Å². The number of rotatable bonds is 3. The Morgan fingerprint density at radius 2 is 1.87 bits per heavy atom. The number of hydrogen-bond acceptors (Lipinski definition) is 4. The Kier molecular flexibility index (Phi) is 4.26. The predicted octanol–water partition coefficient (Wildman–Crippen LogP) is 1.93. The summed E-state index contributed by atoms with van der Waals surface area (Å²) in [6.07, 6.45) is -4.78. The van der Waals surface area contributed by atoms with Crippen LogP contribution in [-0.2, 0) is 4.79 Å². The van der Waals surface area contributed by atoms with Crippen LogP contribution in [0.3, 0.4) is 0 Å². The smallest absolute Gasteiger partial charge is 0.394 e. The minimum absolute atomic E-state index is 0.371. The molecule has 2 atom stereocenters. The van der Waals surface area contributed by atoms with E-state index in [4.69, 9.17) is 5.11 Å². The number of alkyl halides is 3. The van der Waals surface area contributed by atoms with Crippen LogP contribution in [0.1, 0.15) is 10.4 Å². The number of benzene rings is 1. The lowest BCUT2D eigenvalue weighted by molar-refractivity contribution is -0.385. The number of nitro benzene ring substituents is 1. The number of nitrogens with zero attached hydrogens (tertiary/aromatic N) is 2. The lowest BCUT2D eigenvalue weighted by Crippen LogP contribution is -2.34. The highest BCUT2D eigenvalue weighted by Crippen LogP contribution is 2.38. The van der Waals surface area contributed by atoms with Gasteiger partial charge in [0.05, 0.1) is 16.8 Å². The van der Waals surface area contributed by atoms with Crippen LogP contribution in [-0.4, -0.2) is 46.1 Å². The summed E-state index contributed by atoms with van der Waals surface area (Å²) in [5.74, 6) is -6.64. The van der Waals surface area contributed by atoms with Crippen molar-refractivity contribution in [2.75, 3.05) is 13.1 Å². The fourth-order valence-corrected chi connectivity index (χ4v) is 2.54. The highest BCUT2D eigenvalue weighted by Gasteiger charge is 2.53. The molecule has 1 aromatic carbocycles. The Morgan fingerprint density at radius 3 is 2.35 bits per heavy atom. The standard InChI is InChI=1S/C13H11F3N2O5/c14-13(15,16)9-6-17(5-8(9)12(20)21)11(19)7-3-1-2-4-10(7)18(22)23/h1-4,8-9H,5-6H2,(H,20,21)/t8-,9-/m1/s1. The molecule has 0 spiro atoms. The SMILES string of the molecule is O=C(O)[C@@H]1CN(C(=O)c2ccccc2[N+](=O)[O-])C[C@H]1C(F)(F)F. The number of carbonyl (C=O) groups is 2. The average Bonchev–Trinajstić information content (AvgIpc) is 2.92. The number of likely N-dealkylation sites (tertiary alicyclic amines) is 1. The minimum atomic E-state index is -4.78. The van der Waals surface area contributed by atoms with E-state index in [1.165, 1.54) is 12.1 Å². The third-order valence-corrected chi connectivity index (χ3v) is 3.68. The van der Waals surface area contributed by atoms with Crippen molar-refractivity contribution in [1.29, 1.82) is 0 Å². The molecule has 0 radical (unpaired) electrons. The topological polar surface area (TPSA) is 101 Å². The van der Waals surface area contributed by atoms with E-state index in [0.29, 0.717) is 4.90 Å². The maximum absolute atomic E-state index is 12.9. The number of para-hydroxylation sites is 1. The van der Waals surface area contributed by atoms with Gasteiger partial charge in [0.2, 0.25) is 0 Å². The van der Waals surface area contributed by atoms with Gasteiger partial charge < -0.3 is 10.0 Å². The second-order valence-corrected chi connectivity index (χ2v) is 5.08. The molecule has 1 N–H and O–H groups in total. The van der Waals surface area contributed by atoms with Crippen LogP contribution in [0.15, 0.2) is 24.3 Å². The molecular weight excluding hydrogens is 321 g/mol. The summed E-state index contributed by atoms with van der Waals surface area (Å²) in [7, 11) is 0. The van der Waals surface area contributed by atoms with E-state index in [0.717, 1.165) is 12.1 Å². The van der Waals surface area contributed by atoms with Crippen molar-refractivity contribution < 1.29 is 32.8 Å². The minimum Gasteiger partial charge on any atom is -0.481 e. The zero-order valence-corrected chi connectivity index (χ0v) is 11.5. The van der Waals surface area contributed by atoms with E-state index < -0.39 is 53.6 Å². The van der Waals surface area contributed by atoms with E-state index in [2.05, 4.69) is 0 Å². The molecule has 1 aromatic rings. The van der Waals surface area contributed by atoms with Crippen LogP contribution in [0.5, 0.6) is 0 Å². The van der Waals surface area contributed by atoms with E-state index in [1.54, 1.807) is 0 Å². The summed E-state index contributed by atoms with van der Waals surface area (Å²) in [6.45, 7) is -1.49. The molecule has 1 aliphatic heterocycles. The summed E-state index contributed by atoms with van der Waals surface area (Å²) in [4.78, 5) is 34.0. The monoisotopic (exact) mass is 332 g/mol. The lowest BCUT2D eigenvalue weighted by Gasteiger charge is -2.18. The molecule has 0 bridgehead atoms. The van der Waals surface area contributed by atoms with Crippen LogP contribution in [0.25, 0.3) is 0 Å². The molecule has 10 heteroatoms. The van der Waals surface area contributed by atoms with Crippen molar-refractivity contribution >= 4 is 17.6 Å². The molecule has 0 aromatic heterocycles. The fraction of sp³-hybridized carbons (Fsp3) is 0.385. The highest BCUT2D eigenvalue weighted by molar-refractivity contribution is 5.98. The summed E-state index contributed by atoms with van der Waals surface area (Å²) < 4.78 is 38.7. The summed E-state index contributed by atoms with van der Waals surface area (Å²) in [5.41, 5.74) is -0.913. The van der Waals surface area contributed by atoms with Crippen LogP contribution < -0.4 is 0 Å². The number of amides is 1. The average molecular weight is 332 g/mol. The number of carboxylic acids is 1. The Balaban J connectivity index is 2.32.